The number of rotatable bonds is 2. The third kappa shape index (κ3) is 1.76. The normalized spacial score (nSPS) is 16.8. The number of aryl methyl sites for hydroxylation is 2. The molecular weight excluding hydrogens is 218 g/mol. The molecule has 0 bridgehead atoms. The van der Waals surface area contributed by atoms with Crippen LogP contribution in [-0.4, -0.2) is 6.54 Å². The second-order valence-corrected chi connectivity index (χ2v) is 4.88. The molecule has 1 aromatic rings. The first-order valence-electron chi connectivity index (χ1n) is 6.25. The lowest BCUT2D eigenvalue weighted by molar-refractivity contribution is 0.871. The molecule has 88 valence electrons. The number of hydrogen-bond donors (Lipinski definition) is 1. The van der Waals surface area contributed by atoms with Crippen LogP contribution in [0.25, 0.3) is 0 Å². The monoisotopic (exact) mass is 237 g/mol. The van der Waals surface area contributed by atoms with Gasteiger partial charge in [-0.15, -0.1) is 12.4 Å². The summed E-state index contributed by atoms with van der Waals surface area (Å²) < 4.78 is 0. The van der Waals surface area contributed by atoms with E-state index >= 15 is 0 Å². The van der Waals surface area contributed by atoms with Crippen molar-refractivity contribution in [3.05, 3.63) is 33.9 Å². The minimum atomic E-state index is 0. The Labute approximate surface area is 104 Å². The van der Waals surface area contributed by atoms with Crippen molar-refractivity contribution in [1.82, 2.24) is 0 Å². The fourth-order valence-corrected chi connectivity index (χ4v) is 3.38. The van der Waals surface area contributed by atoms with E-state index in [1.165, 1.54) is 38.5 Å². The second kappa shape index (κ2) is 4.77. The molecule has 1 aromatic carbocycles. The highest BCUT2D eigenvalue weighted by molar-refractivity contribution is 5.85. The van der Waals surface area contributed by atoms with E-state index in [0.29, 0.717) is 0 Å². The van der Waals surface area contributed by atoms with E-state index in [1.807, 2.05) is 0 Å². The second-order valence-electron chi connectivity index (χ2n) is 4.88. The quantitative estimate of drug-likeness (QED) is 0.841. The summed E-state index contributed by atoms with van der Waals surface area (Å²) in [6.07, 6.45) is 9.04. The SMILES string of the molecule is Cl.NCCc1c2c(cc3c1CCC3)CCC2. The van der Waals surface area contributed by atoms with Crippen molar-refractivity contribution in [3.8, 4) is 0 Å². The van der Waals surface area contributed by atoms with Gasteiger partial charge in [-0.2, -0.15) is 0 Å². The van der Waals surface area contributed by atoms with Gasteiger partial charge in [0.05, 0.1) is 0 Å². The first-order valence-corrected chi connectivity index (χ1v) is 6.25. The molecule has 0 saturated heterocycles. The zero-order chi connectivity index (χ0) is 10.3. The van der Waals surface area contributed by atoms with Gasteiger partial charge in [0.2, 0.25) is 0 Å². The molecule has 2 N–H and O–H groups in total. The van der Waals surface area contributed by atoms with Gasteiger partial charge in [0.15, 0.2) is 0 Å². The van der Waals surface area contributed by atoms with Crippen LogP contribution in [0.2, 0.25) is 0 Å². The Morgan fingerprint density at radius 2 is 1.50 bits per heavy atom. The van der Waals surface area contributed by atoms with Crippen LogP contribution in [0.15, 0.2) is 6.07 Å². The molecular formula is C14H20ClN. The van der Waals surface area contributed by atoms with E-state index in [-0.39, 0.29) is 12.4 Å². The molecule has 2 aliphatic rings. The number of hydrogen-bond acceptors (Lipinski definition) is 1. The van der Waals surface area contributed by atoms with Gasteiger partial charge in [-0.1, -0.05) is 6.07 Å². The third-order valence-electron chi connectivity index (χ3n) is 3.99. The summed E-state index contributed by atoms with van der Waals surface area (Å²) >= 11 is 0. The van der Waals surface area contributed by atoms with E-state index in [2.05, 4.69) is 6.07 Å². The fourth-order valence-electron chi connectivity index (χ4n) is 3.38. The fraction of sp³-hybridized carbons (Fsp3) is 0.571. The smallest absolute Gasteiger partial charge is 0.00365 e. The molecule has 0 spiro atoms. The van der Waals surface area contributed by atoms with Crippen molar-refractivity contribution in [1.29, 1.82) is 0 Å². The number of fused-ring (bicyclic) bond motifs is 2. The maximum atomic E-state index is 5.75. The highest BCUT2D eigenvalue weighted by Crippen LogP contribution is 2.35. The summed E-state index contributed by atoms with van der Waals surface area (Å²) in [6, 6.07) is 2.49. The number of halogens is 1. The van der Waals surface area contributed by atoms with Crippen LogP contribution in [0, 0.1) is 0 Å². The largest absolute Gasteiger partial charge is 0.330 e. The highest BCUT2D eigenvalue weighted by atomic mass is 35.5. The molecule has 16 heavy (non-hydrogen) atoms. The van der Waals surface area contributed by atoms with E-state index in [4.69, 9.17) is 5.73 Å². The van der Waals surface area contributed by atoms with Crippen molar-refractivity contribution in [2.75, 3.05) is 6.54 Å². The summed E-state index contributed by atoms with van der Waals surface area (Å²) in [4.78, 5) is 0. The molecule has 2 heteroatoms. The van der Waals surface area contributed by atoms with E-state index in [0.717, 1.165) is 13.0 Å². The lowest BCUT2D eigenvalue weighted by Crippen LogP contribution is -2.08. The molecule has 0 amide bonds. The summed E-state index contributed by atoms with van der Waals surface area (Å²) in [6.45, 7) is 0.808. The molecule has 0 saturated carbocycles. The Bertz CT molecular complexity index is 366. The van der Waals surface area contributed by atoms with Crippen LogP contribution in [0.1, 0.15) is 40.7 Å². The maximum absolute atomic E-state index is 5.75. The Balaban J connectivity index is 0.000000963. The zero-order valence-electron chi connectivity index (χ0n) is 9.72. The molecule has 0 aromatic heterocycles. The molecule has 0 radical (unpaired) electrons. The number of nitrogens with two attached hydrogens (primary N) is 1. The van der Waals surface area contributed by atoms with Gasteiger partial charge in [0, 0.05) is 0 Å². The minimum Gasteiger partial charge on any atom is -0.330 e. The molecule has 0 heterocycles. The van der Waals surface area contributed by atoms with Gasteiger partial charge in [0.25, 0.3) is 0 Å². The van der Waals surface area contributed by atoms with Crippen LogP contribution >= 0.6 is 12.4 Å². The van der Waals surface area contributed by atoms with Crippen molar-refractivity contribution in [3.63, 3.8) is 0 Å². The zero-order valence-corrected chi connectivity index (χ0v) is 10.5. The lowest BCUT2D eigenvalue weighted by Gasteiger charge is -2.14. The molecule has 0 unspecified atom stereocenters. The Kier molecular flexibility index (Phi) is 3.56. The van der Waals surface area contributed by atoms with Crippen molar-refractivity contribution in [2.45, 2.75) is 44.9 Å². The average molecular weight is 238 g/mol. The summed E-state index contributed by atoms with van der Waals surface area (Å²) in [5.41, 5.74) is 14.0. The summed E-state index contributed by atoms with van der Waals surface area (Å²) in [5, 5.41) is 0. The minimum absolute atomic E-state index is 0. The van der Waals surface area contributed by atoms with Gasteiger partial charge in [-0.3, -0.25) is 0 Å². The molecule has 1 nitrogen and oxygen atoms in total. The highest BCUT2D eigenvalue weighted by Gasteiger charge is 2.22. The topological polar surface area (TPSA) is 26.0 Å². The van der Waals surface area contributed by atoms with Crippen LogP contribution in [0.3, 0.4) is 0 Å². The Hall–Kier alpha value is -0.530. The van der Waals surface area contributed by atoms with Crippen molar-refractivity contribution < 1.29 is 0 Å². The summed E-state index contributed by atoms with van der Waals surface area (Å²) in [7, 11) is 0. The number of benzene rings is 1. The maximum Gasteiger partial charge on any atom is -0.00365 e. The molecule has 0 fully saturated rings. The molecule has 3 rings (SSSR count). The standard InChI is InChI=1S/C14H19N.ClH/c15-8-7-14-12-5-1-3-10(12)9-11-4-2-6-13(11)14;/h9H,1-8,15H2;1H. The van der Waals surface area contributed by atoms with E-state index < -0.39 is 0 Å². The van der Waals surface area contributed by atoms with Gasteiger partial charge in [0.1, 0.15) is 0 Å². The van der Waals surface area contributed by atoms with Crippen molar-refractivity contribution in [2.24, 2.45) is 5.73 Å². The first-order chi connectivity index (χ1) is 7.40. The molecule has 0 aliphatic heterocycles. The predicted octanol–water partition coefficient (Wildman–Crippen LogP) is 2.59. The van der Waals surface area contributed by atoms with Gasteiger partial charge in [-0.05, 0) is 79.3 Å². The Morgan fingerprint density at radius 1 is 0.938 bits per heavy atom. The predicted molar refractivity (Wildman–Crippen MR) is 70.5 cm³/mol. The van der Waals surface area contributed by atoms with Gasteiger partial charge < -0.3 is 5.73 Å². The van der Waals surface area contributed by atoms with Crippen molar-refractivity contribution >= 4 is 12.4 Å². The molecule has 0 atom stereocenters. The van der Waals surface area contributed by atoms with E-state index in [9.17, 15) is 0 Å². The van der Waals surface area contributed by atoms with Crippen LogP contribution in [0.5, 0.6) is 0 Å². The van der Waals surface area contributed by atoms with Crippen LogP contribution in [0.4, 0.5) is 0 Å². The van der Waals surface area contributed by atoms with Gasteiger partial charge >= 0.3 is 0 Å². The van der Waals surface area contributed by atoms with Crippen LogP contribution < -0.4 is 5.73 Å². The van der Waals surface area contributed by atoms with Gasteiger partial charge in [-0.25, -0.2) is 0 Å². The average Bonchev–Trinajstić information content (AvgIpc) is 2.84. The van der Waals surface area contributed by atoms with E-state index in [1.54, 1.807) is 27.8 Å². The first kappa shape index (κ1) is 11.9. The lowest BCUT2D eigenvalue weighted by atomic mass is 9.92. The Morgan fingerprint density at radius 3 is 2.00 bits per heavy atom. The molecule has 2 aliphatic carbocycles. The third-order valence-corrected chi connectivity index (χ3v) is 3.99. The summed E-state index contributed by atoms with van der Waals surface area (Å²) in [5.74, 6) is 0. The van der Waals surface area contributed by atoms with Crippen LogP contribution in [-0.2, 0) is 32.1 Å².